The molecule has 1 saturated heterocycles. The molecule has 0 bridgehead atoms. The van der Waals surface area contributed by atoms with E-state index in [1.165, 1.54) is 12.8 Å². The third kappa shape index (κ3) is 3.00. The van der Waals surface area contributed by atoms with E-state index < -0.39 is 0 Å². The molecule has 5 heteroatoms. The number of nitrogens with zero attached hydrogens (tertiary/aromatic N) is 4. The first kappa shape index (κ1) is 15.4. The predicted octanol–water partition coefficient (Wildman–Crippen LogP) is 2.28. The maximum Gasteiger partial charge on any atom is 0.228 e. The smallest absolute Gasteiger partial charge is 0.228 e. The Hall–Kier alpha value is -1.49. The Morgan fingerprint density at radius 3 is 2.50 bits per heavy atom. The Morgan fingerprint density at radius 2 is 1.82 bits per heavy atom. The van der Waals surface area contributed by atoms with Gasteiger partial charge in [0.25, 0.3) is 0 Å². The molecule has 3 rings (SSSR count). The zero-order valence-corrected chi connectivity index (χ0v) is 13.9. The molecule has 5 nitrogen and oxygen atoms in total. The SMILES string of the molecule is Cc1nc(C(C)C)nc2c1CCC(=O)N2CCN1CCCC1. The van der Waals surface area contributed by atoms with E-state index in [0.717, 1.165) is 55.5 Å². The van der Waals surface area contributed by atoms with E-state index in [2.05, 4.69) is 23.7 Å². The van der Waals surface area contributed by atoms with Gasteiger partial charge in [-0.25, -0.2) is 9.97 Å². The molecule has 0 spiro atoms. The number of likely N-dealkylation sites (tertiary alicyclic amines) is 1. The van der Waals surface area contributed by atoms with Gasteiger partial charge in [0.15, 0.2) is 0 Å². The summed E-state index contributed by atoms with van der Waals surface area (Å²) in [4.78, 5) is 26.1. The summed E-state index contributed by atoms with van der Waals surface area (Å²) in [5.74, 6) is 2.20. The minimum Gasteiger partial charge on any atom is -0.302 e. The first-order chi connectivity index (χ1) is 10.6. The average molecular weight is 302 g/mol. The van der Waals surface area contributed by atoms with Crippen molar-refractivity contribution in [3.63, 3.8) is 0 Å². The monoisotopic (exact) mass is 302 g/mol. The van der Waals surface area contributed by atoms with Gasteiger partial charge in [0.1, 0.15) is 11.6 Å². The Kier molecular flexibility index (Phi) is 4.43. The fraction of sp³-hybridized carbons (Fsp3) is 0.706. The minimum atomic E-state index is 0.208. The molecular formula is C17H26N4O. The molecule has 22 heavy (non-hydrogen) atoms. The number of hydrogen-bond donors (Lipinski definition) is 0. The second-order valence-corrected chi connectivity index (χ2v) is 6.72. The van der Waals surface area contributed by atoms with E-state index in [0.29, 0.717) is 6.42 Å². The van der Waals surface area contributed by atoms with Crippen molar-refractivity contribution in [1.82, 2.24) is 14.9 Å². The van der Waals surface area contributed by atoms with Crippen LogP contribution in [0.4, 0.5) is 5.82 Å². The molecule has 0 N–H and O–H groups in total. The molecule has 0 atom stereocenters. The van der Waals surface area contributed by atoms with Crippen LogP contribution in [-0.4, -0.2) is 47.0 Å². The standard InChI is InChI=1S/C17H26N4O/c1-12(2)16-18-13(3)14-6-7-15(22)21(17(14)19-16)11-10-20-8-4-5-9-20/h12H,4-11H2,1-3H3. The van der Waals surface area contributed by atoms with Gasteiger partial charge in [-0.05, 0) is 39.3 Å². The van der Waals surface area contributed by atoms with Crippen LogP contribution in [0.3, 0.4) is 0 Å². The van der Waals surface area contributed by atoms with Crippen LogP contribution in [0.25, 0.3) is 0 Å². The lowest BCUT2D eigenvalue weighted by molar-refractivity contribution is -0.119. The summed E-state index contributed by atoms with van der Waals surface area (Å²) in [5, 5.41) is 0. The highest BCUT2D eigenvalue weighted by Gasteiger charge is 2.28. The van der Waals surface area contributed by atoms with E-state index >= 15 is 0 Å². The van der Waals surface area contributed by atoms with Crippen LogP contribution in [0.5, 0.6) is 0 Å². The summed E-state index contributed by atoms with van der Waals surface area (Å²) in [6, 6.07) is 0. The molecule has 1 aromatic rings. The Labute approximate surface area is 132 Å². The number of carbonyl (C=O) groups excluding carboxylic acids is 1. The van der Waals surface area contributed by atoms with Gasteiger partial charge in [0, 0.05) is 36.7 Å². The number of aryl methyl sites for hydroxylation is 1. The number of amides is 1. The first-order valence-corrected chi connectivity index (χ1v) is 8.46. The van der Waals surface area contributed by atoms with Crippen LogP contribution in [0.15, 0.2) is 0 Å². The van der Waals surface area contributed by atoms with Crippen LogP contribution in [-0.2, 0) is 11.2 Å². The molecule has 0 aliphatic carbocycles. The molecule has 2 aliphatic rings. The highest BCUT2D eigenvalue weighted by Crippen LogP contribution is 2.29. The van der Waals surface area contributed by atoms with Crippen LogP contribution >= 0.6 is 0 Å². The molecule has 0 aromatic carbocycles. The summed E-state index contributed by atoms with van der Waals surface area (Å²) in [7, 11) is 0. The second-order valence-electron chi connectivity index (χ2n) is 6.72. The number of rotatable bonds is 4. The predicted molar refractivity (Wildman–Crippen MR) is 87.2 cm³/mol. The Bertz CT molecular complexity index is 564. The highest BCUT2D eigenvalue weighted by molar-refractivity contribution is 5.95. The average Bonchev–Trinajstić information content (AvgIpc) is 2.99. The van der Waals surface area contributed by atoms with Gasteiger partial charge in [-0.2, -0.15) is 0 Å². The van der Waals surface area contributed by atoms with Crippen LogP contribution < -0.4 is 4.90 Å². The summed E-state index contributed by atoms with van der Waals surface area (Å²) in [5.41, 5.74) is 2.19. The van der Waals surface area contributed by atoms with Crippen LogP contribution in [0.1, 0.15) is 56.1 Å². The molecule has 0 radical (unpaired) electrons. The van der Waals surface area contributed by atoms with Gasteiger partial charge in [0.2, 0.25) is 5.91 Å². The van der Waals surface area contributed by atoms with Gasteiger partial charge >= 0.3 is 0 Å². The Balaban J connectivity index is 1.85. The van der Waals surface area contributed by atoms with Gasteiger partial charge in [-0.1, -0.05) is 13.8 Å². The number of anilines is 1. The van der Waals surface area contributed by atoms with Crippen molar-refractivity contribution < 1.29 is 4.79 Å². The number of fused-ring (bicyclic) bond motifs is 1. The first-order valence-electron chi connectivity index (χ1n) is 8.46. The molecule has 0 unspecified atom stereocenters. The topological polar surface area (TPSA) is 49.3 Å². The van der Waals surface area contributed by atoms with E-state index in [9.17, 15) is 4.79 Å². The van der Waals surface area contributed by atoms with Crippen LogP contribution in [0, 0.1) is 6.92 Å². The summed E-state index contributed by atoms with van der Waals surface area (Å²) < 4.78 is 0. The minimum absolute atomic E-state index is 0.208. The van der Waals surface area contributed by atoms with Gasteiger partial charge < -0.3 is 4.90 Å². The summed E-state index contributed by atoms with van der Waals surface area (Å²) in [6.45, 7) is 10.3. The van der Waals surface area contributed by atoms with E-state index in [1.807, 2.05) is 11.8 Å². The summed E-state index contributed by atoms with van der Waals surface area (Å²) in [6.07, 6.45) is 3.92. The largest absolute Gasteiger partial charge is 0.302 e. The maximum absolute atomic E-state index is 12.4. The summed E-state index contributed by atoms with van der Waals surface area (Å²) >= 11 is 0. The van der Waals surface area contributed by atoms with E-state index in [-0.39, 0.29) is 11.8 Å². The van der Waals surface area contributed by atoms with Crippen LogP contribution in [0.2, 0.25) is 0 Å². The molecule has 1 fully saturated rings. The van der Waals surface area contributed by atoms with Crippen molar-refractivity contribution in [2.45, 2.75) is 52.4 Å². The molecule has 3 heterocycles. The zero-order chi connectivity index (χ0) is 15.7. The molecule has 120 valence electrons. The molecule has 0 saturated carbocycles. The van der Waals surface area contributed by atoms with Gasteiger partial charge in [-0.15, -0.1) is 0 Å². The molecule has 2 aliphatic heterocycles. The number of hydrogen-bond acceptors (Lipinski definition) is 4. The van der Waals surface area contributed by atoms with E-state index in [4.69, 9.17) is 4.98 Å². The third-order valence-corrected chi connectivity index (χ3v) is 4.71. The van der Waals surface area contributed by atoms with Crippen molar-refractivity contribution in [3.8, 4) is 0 Å². The van der Waals surface area contributed by atoms with Crippen molar-refractivity contribution in [1.29, 1.82) is 0 Å². The number of carbonyl (C=O) groups is 1. The Morgan fingerprint density at radius 1 is 1.09 bits per heavy atom. The van der Waals surface area contributed by atoms with E-state index in [1.54, 1.807) is 0 Å². The highest BCUT2D eigenvalue weighted by atomic mass is 16.2. The number of aromatic nitrogens is 2. The lowest BCUT2D eigenvalue weighted by Crippen LogP contribution is -2.41. The fourth-order valence-corrected chi connectivity index (χ4v) is 3.34. The molecule has 1 amide bonds. The van der Waals surface area contributed by atoms with Crippen molar-refractivity contribution in [2.24, 2.45) is 0 Å². The lowest BCUT2D eigenvalue weighted by atomic mass is 10.0. The second kappa shape index (κ2) is 6.32. The van der Waals surface area contributed by atoms with Gasteiger partial charge in [-0.3, -0.25) is 9.69 Å². The zero-order valence-electron chi connectivity index (χ0n) is 13.9. The van der Waals surface area contributed by atoms with Crippen molar-refractivity contribution in [3.05, 3.63) is 17.1 Å². The van der Waals surface area contributed by atoms with Crippen molar-refractivity contribution in [2.75, 3.05) is 31.1 Å². The molecule has 1 aromatic heterocycles. The molecular weight excluding hydrogens is 276 g/mol. The third-order valence-electron chi connectivity index (χ3n) is 4.71. The van der Waals surface area contributed by atoms with Gasteiger partial charge in [0.05, 0.1) is 0 Å². The maximum atomic E-state index is 12.4. The van der Waals surface area contributed by atoms with Crippen molar-refractivity contribution >= 4 is 11.7 Å². The normalized spacial score (nSPS) is 19.1. The fourth-order valence-electron chi connectivity index (χ4n) is 3.34. The quantitative estimate of drug-likeness (QED) is 0.856. The lowest BCUT2D eigenvalue weighted by Gasteiger charge is -2.31.